The summed E-state index contributed by atoms with van der Waals surface area (Å²) in [7, 11) is 0.780. The molecule has 0 aliphatic carbocycles. The lowest BCUT2D eigenvalue weighted by Gasteiger charge is -2.22. The van der Waals surface area contributed by atoms with Gasteiger partial charge in [-0.25, -0.2) is 4.79 Å². The van der Waals surface area contributed by atoms with E-state index in [1.54, 1.807) is 12.1 Å². The summed E-state index contributed by atoms with van der Waals surface area (Å²) < 4.78 is 22.8. The molecule has 0 aliphatic rings. The number of benzene rings is 2. The van der Waals surface area contributed by atoms with Gasteiger partial charge in [0.25, 0.3) is 5.91 Å². The molecule has 2 rings (SSSR count). The van der Waals surface area contributed by atoms with Crippen molar-refractivity contribution in [3.63, 3.8) is 0 Å². The van der Waals surface area contributed by atoms with Crippen LogP contribution in [0, 0.1) is 5.92 Å². The summed E-state index contributed by atoms with van der Waals surface area (Å²) in [6.07, 6.45) is 0.631. The van der Waals surface area contributed by atoms with Crippen molar-refractivity contribution in [1.82, 2.24) is 5.32 Å². The summed E-state index contributed by atoms with van der Waals surface area (Å²) in [6, 6.07) is 6.36. The average molecular weight is 605 g/mol. The molecule has 0 saturated heterocycles. The number of aliphatic hydroxyl groups is 1. The smallest absolute Gasteiger partial charge is 0.328 e. The molecule has 0 saturated carbocycles. The van der Waals surface area contributed by atoms with Gasteiger partial charge < -0.3 is 25.0 Å². The van der Waals surface area contributed by atoms with Gasteiger partial charge >= 0.3 is 5.97 Å². The molecule has 0 aromatic heterocycles. The SMILES string of the molecule is CCC(C)C(NC(=O)c1cc(Oc2c(Br)cc(C(C)(O)P=O)cc2Br)ccc1O)C(=O)OC. The number of esters is 1. The number of carbonyl (C=O) groups excluding carboxylic acids is 2. The second-order valence-electron chi connectivity index (χ2n) is 7.52. The monoisotopic (exact) mass is 603 g/mol. The van der Waals surface area contributed by atoms with Crippen molar-refractivity contribution in [3.8, 4) is 17.2 Å². The zero-order chi connectivity index (χ0) is 24.9. The first kappa shape index (κ1) is 27.2. The number of nitrogens with one attached hydrogen (secondary N) is 1. The molecule has 2 aromatic rings. The maximum atomic E-state index is 12.8. The Kier molecular flexibility index (Phi) is 9.43. The van der Waals surface area contributed by atoms with Gasteiger partial charge in [-0.05, 0) is 80.6 Å². The Labute approximate surface area is 210 Å². The molecule has 11 heteroatoms. The van der Waals surface area contributed by atoms with Crippen LogP contribution in [0.15, 0.2) is 39.3 Å². The molecule has 178 valence electrons. The number of amides is 1. The molecule has 3 unspecified atom stereocenters. The van der Waals surface area contributed by atoms with E-state index in [0.717, 1.165) is 0 Å². The number of hydrogen-bond acceptors (Lipinski definition) is 7. The van der Waals surface area contributed by atoms with E-state index in [2.05, 4.69) is 37.2 Å². The number of phenolic OH excluding ortho intramolecular Hbond substituents is 1. The van der Waals surface area contributed by atoms with Gasteiger partial charge in [-0.15, -0.1) is 0 Å². The predicted octanol–water partition coefficient (Wildman–Crippen LogP) is 5.48. The number of aromatic hydroxyl groups is 1. The molecule has 3 N–H and O–H groups in total. The Morgan fingerprint density at radius 2 is 1.82 bits per heavy atom. The van der Waals surface area contributed by atoms with E-state index in [-0.39, 0.29) is 23.0 Å². The van der Waals surface area contributed by atoms with Crippen molar-refractivity contribution in [3.05, 3.63) is 50.4 Å². The van der Waals surface area contributed by atoms with Crippen LogP contribution in [-0.2, 0) is 19.4 Å². The number of hydrogen-bond donors (Lipinski definition) is 3. The van der Waals surface area contributed by atoms with Crippen LogP contribution in [0.25, 0.3) is 0 Å². The molecule has 0 fully saturated rings. The van der Waals surface area contributed by atoms with Crippen LogP contribution < -0.4 is 10.1 Å². The van der Waals surface area contributed by atoms with Crippen molar-refractivity contribution >= 4 is 52.2 Å². The normalized spacial score (nSPS) is 14.8. The first-order valence-electron chi connectivity index (χ1n) is 9.91. The summed E-state index contributed by atoms with van der Waals surface area (Å²) in [4.78, 5) is 24.9. The number of phenols is 1. The van der Waals surface area contributed by atoms with Gasteiger partial charge in [0, 0.05) is 0 Å². The third-order valence-electron chi connectivity index (χ3n) is 5.11. The van der Waals surface area contributed by atoms with Gasteiger partial charge in [0.1, 0.15) is 17.5 Å². The second kappa shape index (κ2) is 11.4. The van der Waals surface area contributed by atoms with Gasteiger partial charge in [-0.3, -0.25) is 9.36 Å². The molecule has 0 aliphatic heterocycles. The van der Waals surface area contributed by atoms with Crippen LogP contribution >= 0.6 is 40.3 Å². The van der Waals surface area contributed by atoms with E-state index in [0.29, 0.717) is 26.7 Å². The Balaban J connectivity index is 2.35. The molecule has 0 heterocycles. The Morgan fingerprint density at radius 1 is 1.21 bits per heavy atom. The molecule has 0 radical (unpaired) electrons. The standard InChI is InChI=1S/C22H24Br2NO7P/c1-5-11(2)18(21(28)31-4)25-20(27)14-10-13(6-7-17(14)26)32-19-15(23)8-12(9-16(19)24)22(3,29)33-30/h6-11,18,26,29H,5H2,1-4H3,(H,25,27). The van der Waals surface area contributed by atoms with E-state index in [4.69, 9.17) is 9.47 Å². The van der Waals surface area contributed by atoms with Crippen molar-refractivity contribution in [2.24, 2.45) is 5.92 Å². The van der Waals surface area contributed by atoms with E-state index in [1.165, 1.54) is 32.2 Å². The minimum atomic E-state index is -1.58. The van der Waals surface area contributed by atoms with Crippen LogP contribution in [0.1, 0.15) is 43.1 Å². The van der Waals surface area contributed by atoms with Crippen LogP contribution in [0.5, 0.6) is 17.2 Å². The number of methoxy groups -OCH3 is 1. The summed E-state index contributed by atoms with van der Waals surface area (Å²) in [6.45, 7) is 5.10. The zero-order valence-electron chi connectivity index (χ0n) is 18.4. The minimum absolute atomic E-state index is 0.0818. The zero-order valence-corrected chi connectivity index (χ0v) is 22.5. The number of rotatable bonds is 9. The van der Waals surface area contributed by atoms with Crippen LogP contribution in [0.2, 0.25) is 0 Å². The summed E-state index contributed by atoms with van der Waals surface area (Å²) >= 11 is 6.74. The average Bonchev–Trinajstić information content (AvgIpc) is 2.79. The molecule has 1 amide bonds. The highest BCUT2D eigenvalue weighted by Crippen LogP contribution is 2.42. The third-order valence-corrected chi connectivity index (χ3v) is 6.90. The van der Waals surface area contributed by atoms with Crippen molar-refractivity contribution in [2.75, 3.05) is 7.11 Å². The summed E-state index contributed by atoms with van der Waals surface area (Å²) in [5.74, 6) is -1.13. The van der Waals surface area contributed by atoms with E-state index in [9.17, 15) is 24.4 Å². The molecule has 33 heavy (non-hydrogen) atoms. The highest BCUT2D eigenvalue weighted by atomic mass is 79.9. The second-order valence-corrected chi connectivity index (χ2v) is 10.3. The first-order valence-corrected chi connectivity index (χ1v) is 12.3. The molecule has 8 nitrogen and oxygen atoms in total. The van der Waals surface area contributed by atoms with E-state index < -0.39 is 31.7 Å². The lowest BCUT2D eigenvalue weighted by molar-refractivity contribution is -0.144. The van der Waals surface area contributed by atoms with E-state index >= 15 is 0 Å². The molecule has 0 spiro atoms. The largest absolute Gasteiger partial charge is 0.507 e. The maximum Gasteiger partial charge on any atom is 0.328 e. The van der Waals surface area contributed by atoms with Gasteiger partial charge in [0.2, 0.25) is 0 Å². The number of carbonyl (C=O) groups is 2. The van der Waals surface area contributed by atoms with Gasteiger partial charge in [0.15, 0.2) is 19.6 Å². The lowest BCUT2D eigenvalue weighted by atomic mass is 9.98. The lowest BCUT2D eigenvalue weighted by Crippen LogP contribution is -2.45. The fraction of sp³-hybridized carbons (Fsp3) is 0.364. The van der Waals surface area contributed by atoms with Crippen molar-refractivity contribution < 1.29 is 33.8 Å². The van der Waals surface area contributed by atoms with E-state index in [1.807, 2.05) is 13.8 Å². The van der Waals surface area contributed by atoms with Crippen molar-refractivity contribution in [1.29, 1.82) is 0 Å². The fourth-order valence-corrected chi connectivity index (χ4v) is 4.46. The van der Waals surface area contributed by atoms with Crippen LogP contribution in [-0.4, -0.2) is 35.2 Å². The predicted molar refractivity (Wildman–Crippen MR) is 130 cm³/mol. The van der Waals surface area contributed by atoms with Crippen LogP contribution in [0.4, 0.5) is 0 Å². The number of ether oxygens (including phenoxy) is 2. The van der Waals surface area contributed by atoms with Crippen LogP contribution in [0.3, 0.4) is 0 Å². The molecular weight excluding hydrogens is 581 g/mol. The molecule has 0 bridgehead atoms. The molecule has 2 aromatic carbocycles. The Morgan fingerprint density at radius 3 is 2.33 bits per heavy atom. The topological polar surface area (TPSA) is 122 Å². The Bertz CT molecular complexity index is 1040. The molecular formula is C22H24Br2NO7P. The quantitative estimate of drug-likeness (QED) is 0.256. The highest BCUT2D eigenvalue weighted by Gasteiger charge is 2.29. The van der Waals surface area contributed by atoms with Crippen molar-refractivity contribution in [2.45, 2.75) is 38.6 Å². The number of halogens is 2. The maximum absolute atomic E-state index is 12.8. The van der Waals surface area contributed by atoms with Gasteiger partial charge in [0.05, 0.1) is 21.6 Å². The highest BCUT2D eigenvalue weighted by molar-refractivity contribution is 9.11. The third kappa shape index (κ3) is 6.53. The first-order chi connectivity index (χ1) is 15.4. The molecule has 3 atom stereocenters. The minimum Gasteiger partial charge on any atom is -0.507 e. The van der Waals surface area contributed by atoms with Gasteiger partial charge in [-0.2, -0.15) is 0 Å². The fourth-order valence-electron chi connectivity index (χ4n) is 2.88. The van der Waals surface area contributed by atoms with Gasteiger partial charge in [-0.1, -0.05) is 20.3 Å². The Hall–Kier alpha value is -2.00. The summed E-state index contributed by atoms with van der Waals surface area (Å²) in [5.41, 5.74) is 0.302. The summed E-state index contributed by atoms with van der Waals surface area (Å²) in [5, 5.41) is 21.5.